The van der Waals surface area contributed by atoms with Crippen LogP contribution in [-0.2, 0) is 13.1 Å². The Balaban J connectivity index is 0.00000648. The quantitative estimate of drug-likeness (QED) is 0.126. The molecule has 2 rings (SSSR count). The maximum absolute atomic E-state index is 2.65. The summed E-state index contributed by atoms with van der Waals surface area (Å²) in [6, 6.07) is 17.7. The summed E-state index contributed by atoms with van der Waals surface area (Å²) >= 11 is 0. The van der Waals surface area contributed by atoms with Gasteiger partial charge in [-0.3, -0.25) is 4.90 Å². The molecule has 0 saturated carbocycles. The first-order valence-corrected chi connectivity index (χ1v) is 14.7. The van der Waals surface area contributed by atoms with Crippen LogP contribution < -0.4 is 0 Å². The van der Waals surface area contributed by atoms with E-state index in [2.05, 4.69) is 86.4 Å². The lowest BCUT2D eigenvalue weighted by Gasteiger charge is -2.24. The van der Waals surface area contributed by atoms with E-state index in [1.807, 2.05) is 0 Å². The summed E-state index contributed by atoms with van der Waals surface area (Å²) in [6.07, 6.45) is 24.0. The third-order valence-electron chi connectivity index (χ3n) is 7.30. The van der Waals surface area contributed by atoms with E-state index in [0.717, 1.165) is 13.1 Å². The van der Waals surface area contributed by atoms with E-state index < -0.39 is 0 Å². The lowest BCUT2D eigenvalue weighted by Crippen LogP contribution is -2.25. The van der Waals surface area contributed by atoms with Crippen LogP contribution >= 0.6 is 12.4 Å². The molecule has 0 bridgehead atoms. The highest BCUT2D eigenvalue weighted by Gasteiger charge is 2.10. The van der Waals surface area contributed by atoms with Crippen LogP contribution in [0, 0.1) is 13.8 Å². The van der Waals surface area contributed by atoms with Crippen molar-refractivity contribution in [2.24, 2.45) is 0 Å². The minimum atomic E-state index is 0. The van der Waals surface area contributed by atoms with Crippen LogP contribution in [0.25, 0.3) is 0 Å². The van der Waals surface area contributed by atoms with E-state index >= 15 is 0 Å². The molecule has 36 heavy (non-hydrogen) atoms. The average molecular weight is 512 g/mol. The third-order valence-corrected chi connectivity index (χ3v) is 7.30. The fourth-order valence-electron chi connectivity index (χ4n) is 4.85. The van der Waals surface area contributed by atoms with Gasteiger partial charge in [-0.2, -0.15) is 0 Å². The Morgan fingerprint density at radius 1 is 0.556 bits per heavy atom. The van der Waals surface area contributed by atoms with E-state index in [-0.39, 0.29) is 12.4 Å². The van der Waals surface area contributed by atoms with Gasteiger partial charge in [-0.1, -0.05) is 125 Å². The van der Waals surface area contributed by atoms with E-state index in [1.165, 1.54) is 119 Å². The number of benzene rings is 2. The molecule has 0 unspecified atom stereocenters. The minimum Gasteiger partial charge on any atom is -0.295 e. The molecule has 0 aliphatic heterocycles. The number of hydrogen-bond donors (Lipinski definition) is 0. The van der Waals surface area contributed by atoms with E-state index in [0.29, 0.717) is 0 Å². The van der Waals surface area contributed by atoms with Crippen LogP contribution in [0.15, 0.2) is 60.7 Å². The number of unbranched alkanes of at least 4 members (excludes halogenated alkanes) is 12. The van der Waals surface area contributed by atoms with Crippen molar-refractivity contribution in [1.82, 2.24) is 4.90 Å². The first-order chi connectivity index (χ1) is 17.2. The standard InChI is InChI=1S/C34H53N.ClH/c1-4-5-6-7-8-9-10-11-12-13-14-15-16-17-18-23-28-35(29-33-26-21-19-24-31(33)2)30-34-27-22-20-25-32(34)3;/h11-12,19-22,24-27H,4-10,13-18,23,28-30H2,1-3H3;1H/b12-11-;. The predicted molar refractivity (Wildman–Crippen MR) is 163 cm³/mol. The number of hydrogen-bond acceptors (Lipinski definition) is 1. The second-order valence-electron chi connectivity index (χ2n) is 10.5. The van der Waals surface area contributed by atoms with Gasteiger partial charge in [0.2, 0.25) is 0 Å². The topological polar surface area (TPSA) is 3.24 Å². The van der Waals surface area contributed by atoms with Gasteiger partial charge in [0.05, 0.1) is 0 Å². The summed E-state index contributed by atoms with van der Waals surface area (Å²) < 4.78 is 0. The number of rotatable bonds is 20. The summed E-state index contributed by atoms with van der Waals surface area (Å²) in [5.74, 6) is 0. The summed E-state index contributed by atoms with van der Waals surface area (Å²) in [6.45, 7) is 10.1. The number of allylic oxidation sites excluding steroid dienone is 2. The average Bonchev–Trinajstić information content (AvgIpc) is 2.86. The van der Waals surface area contributed by atoms with Gasteiger partial charge in [0.25, 0.3) is 0 Å². The molecule has 0 amide bonds. The highest BCUT2D eigenvalue weighted by molar-refractivity contribution is 5.85. The summed E-state index contributed by atoms with van der Waals surface area (Å²) in [4.78, 5) is 2.65. The molecule has 1 nitrogen and oxygen atoms in total. The zero-order valence-corrected chi connectivity index (χ0v) is 24.5. The van der Waals surface area contributed by atoms with Gasteiger partial charge in [0.1, 0.15) is 0 Å². The molecule has 0 aliphatic carbocycles. The van der Waals surface area contributed by atoms with Gasteiger partial charge < -0.3 is 0 Å². The van der Waals surface area contributed by atoms with Crippen LogP contribution in [-0.4, -0.2) is 11.4 Å². The van der Waals surface area contributed by atoms with Gasteiger partial charge in [-0.25, -0.2) is 0 Å². The Morgan fingerprint density at radius 3 is 1.44 bits per heavy atom. The fourth-order valence-corrected chi connectivity index (χ4v) is 4.85. The molecule has 0 aliphatic rings. The fraction of sp³-hybridized carbons (Fsp3) is 0.588. The predicted octanol–water partition coefficient (Wildman–Crippen LogP) is 10.8. The maximum Gasteiger partial charge on any atom is 0.0239 e. The van der Waals surface area contributed by atoms with E-state index in [4.69, 9.17) is 0 Å². The molecule has 202 valence electrons. The van der Waals surface area contributed by atoms with Crippen molar-refractivity contribution in [3.05, 3.63) is 82.9 Å². The highest BCUT2D eigenvalue weighted by atomic mass is 35.5. The molecular formula is C34H54ClN. The van der Waals surface area contributed by atoms with Crippen molar-refractivity contribution >= 4 is 12.4 Å². The normalized spacial score (nSPS) is 11.3. The van der Waals surface area contributed by atoms with Crippen molar-refractivity contribution in [1.29, 1.82) is 0 Å². The van der Waals surface area contributed by atoms with Crippen LogP contribution in [0.2, 0.25) is 0 Å². The van der Waals surface area contributed by atoms with Crippen LogP contribution in [0.1, 0.15) is 119 Å². The van der Waals surface area contributed by atoms with Gasteiger partial charge in [-0.05, 0) is 74.8 Å². The van der Waals surface area contributed by atoms with E-state index in [9.17, 15) is 0 Å². The molecule has 0 radical (unpaired) electrons. The summed E-state index contributed by atoms with van der Waals surface area (Å²) in [5.41, 5.74) is 5.74. The van der Waals surface area contributed by atoms with Crippen LogP contribution in [0.3, 0.4) is 0 Å². The van der Waals surface area contributed by atoms with Crippen molar-refractivity contribution in [3.63, 3.8) is 0 Å². The lowest BCUT2D eigenvalue weighted by atomic mass is 10.0. The number of aryl methyl sites for hydroxylation is 2. The zero-order chi connectivity index (χ0) is 25.0. The monoisotopic (exact) mass is 511 g/mol. The molecule has 2 aromatic rings. The molecule has 0 heterocycles. The molecule has 0 atom stereocenters. The third kappa shape index (κ3) is 14.9. The van der Waals surface area contributed by atoms with Crippen molar-refractivity contribution < 1.29 is 0 Å². The largest absolute Gasteiger partial charge is 0.295 e. The Kier molecular flexibility index (Phi) is 19.4. The van der Waals surface area contributed by atoms with Crippen molar-refractivity contribution in [3.8, 4) is 0 Å². The Morgan fingerprint density at radius 2 is 0.972 bits per heavy atom. The second kappa shape index (κ2) is 21.5. The highest BCUT2D eigenvalue weighted by Crippen LogP contribution is 2.17. The first kappa shape index (κ1) is 32.5. The lowest BCUT2D eigenvalue weighted by molar-refractivity contribution is 0.249. The number of halogens is 1. The van der Waals surface area contributed by atoms with Gasteiger partial charge in [0, 0.05) is 13.1 Å². The van der Waals surface area contributed by atoms with Crippen LogP contribution in [0.4, 0.5) is 0 Å². The smallest absolute Gasteiger partial charge is 0.0239 e. The Labute approximate surface area is 230 Å². The van der Waals surface area contributed by atoms with Crippen molar-refractivity contribution in [2.45, 2.75) is 124 Å². The summed E-state index contributed by atoms with van der Waals surface area (Å²) in [5, 5.41) is 0. The Bertz CT molecular complexity index is 765. The van der Waals surface area contributed by atoms with Crippen LogP contribution in [0.5, 0.6) is 0 Å². The Hall–Kier alpha value is -1.57. The molecule has 0 spiro atoms. The molecule has 2 heteroatoms. The summed E-state index contributed by atoms with van der Waals surface area (Å²) in [7, 11) is 0. The molecule has 0 saturated heterocycles. The molecule has 2 aromatic carbocycles. The zero-order valence-electron chi connectivity index (χ0n) is 23.6. The molecular weight excluding hydrogens is 458 g/mol. The molecule has 0 aromatic heterocycles. The SMILES string of the molecule is CCCCCCCC/C=C\CCCCCCCCN(Cc1ccccc1C)Cc1ccccc1C.Cl. The molecule has 0 fully saturated rings. The first-order valence-electron chi connectivity index (χ1n) is 14.7. The van der Waals surface area contributed by atoms with Gasteiger partial charge >= 0.3 is 0 Å². The van der Waals surface area contributed by atoms with Gasteiger partial charge in [-0.15, -0.1) is 12.4 Å². The van der Waals surface area contributed by atoms with Crippen molar-refractivity contribution in [2.75, 3.05) is 6.54 Å². The second-order valence-corrected chi connectivity index (χ2v) is 10.5. The number of nitrogens with zero attached hydrogens (tertiary/aromatic N) is 1. The van der Waals surface area contributed by atoms with E-state index in [1.54, 1.807) is 0 Å². The van der Waals surface area contributed by atoms with Gasteiger partial charge in [0.15, 0.2) is 0 Å². The minimum absolute atomic E-state index is 0. The molecule has 0 N–H and O–H groups in total. The maximum atomic E-state index is 2.65.